The summed E-state index contributed by atoms with van der Waals surface area (Å²) in [4.78, 5) is 23.5. The summed E-state index contributed by atoms with van der Waals surface area (Å²) < 4.78 is 6.62. The van der Waals surface area contributed by atoms with Gasteiger partial charge in [-0.05, 0) is 31.9 Å². The molecule has 0 aliphatic heterocycles. The number of hydrogen-bond donors (Lipinski definition) is 1. The fraction of sp³-hybridized carbons (Fsp3) is 0.350. The van der Waals surface area contributed by atoms with E-state index in [0.717, 1.165) is 12.0 Å². The van der Waals surface area contributed by atoms with Crippen LogP contribution in [0.5, 0.6) is 0 Å². The molecule has 2 rings (SSSR count). The molecule has 0 aliphatic rings. The molecule has 1 aromatic carbocycles. The van der Waals surface area contributed by atoms with E-state index in [1.165, 1.54) is 6.08 Å². The fourth-order valence-electron chi connectivity index (χ4n) is 2.37. The molecule has 0 aliphatic carbocycles. The lowest BCUT2D eigenvalue weighted by atomic mass is 10.2. The molecule has 0 fully saturated rings. The average Bonchev–Trinajstić information content (AvgIpc) is 2.92. The van der Waals surface area contributed by atoms with Crippen LogP contribution in [-0.2, 0) is 20.9 Å². The molecule has 1 heterocycles. The number of hydrogen-bond acceptors (Lipinski definition) is 4. The van der Waals surface area contributed by atoms with Gasteiger partial charge in [0.25, 0.3) is 5.91 Å². The lowest BCUT2D eigenvalue weighted by Crippen LogP contribution is -2.35. The van der Waals surface area contributed by atoms with Gasteiger partial charge in [-0.25, -0.2) is 9.48 Å². The molecule has 0 spiro atoms. The van der Waals surface area contributed by atoms with E-state index in [-0.39, 0.29) is 18.6 Å². The summed E-state index contributed by atoms with van der Waals surface area (Å²) in [5.41, 5.74) is 2.42. The van der Waals surface area contributed by atoms with Crippen LogP contribution in [0.15, 0.2) is 36.4 Å². The molecule has 0 saturated carbocycles. The van der Waals surface area contributed by atoms with Crippen LogP contribution in [0.4, 0.5) is 0 Å². The van der Waals surface area contributed by atoms with Gasteiger partial charge in [-0.2, -0.15) is 5.10 Å². The molecule has 1 N–H and O–H groups in total. The van der Waals surface area contributed by atoms with Gasteiger partial charge >= 0.3 is 5.97 Å². The van der Waals surface area contributed by atoms with Crippen LogP contribution >= 0.6 is 11.6 Å². The Morgan fingerprint density at radius 2 is 2.04 bits per heavy atom. The number of nitrogens with one attached hydrogen (secondary N) is 1. The third kappa shape index (κ3) is 6.25. The fourth-order valence-corrected chi connectivity index (χ4v) is 2.67. The SMILES string of the molecule is CC[C@H](C)NC(=O)COC(=O)/C=C/c1c(C)nn(Cc2ccccc2)c1Cl. The smallest absolute Gasteiger partial charge is 0.331 e. The summed E-state index contributed by atoms with van der Waals surface area (Å²) in [5.74, 6) is -0.934. The molecule has 2 aromatic rings. The molecule has 144 valence electrons. The zero-order valence-corrected chi connectivity index (χ0v) is 16.5. The van der Waals surface area contributed by atoms with E-state index in [2.05, 4.69) is 10.4 Å². The highest BCUT2D eigenvalue weighted by Gasteiger charge is 2.12. The first kappa shape index (κ1) is 20.7. The van der Waals surface area contributed by atoms with E-state index in [1.54, 1.807) is 10.8 Å². The number of benzene rings is 1. The standard InChI is InChI=1S/C20H24ClN3O3/c1-4-14(2)22-18(25)13-27-19(26)11-10-17-15(3)23-24(20(17)21)12-16-8-6-5-7-9-16/h5-11,14H,4,12-13H2,1-3H3,(H,22,25)/b11-10+/t14-/m0/s1. The van der Waals surface area contributed by atoms with Gasteiger partial charge in [-0.3, -0.25) is 4.79 Å². The van der Waals surface area contributed by atoms with Crippen molar-refractivity contribution in [3.8, 4) is 0 Å². The lowest BCUT2D eigenvalue weighted by Gasteiger charge is -2.10. The van der Waals surface area contributed by atoms with Gasteiger partial charge in [-0.1, -0.05) is 48.9 Å². The number of nitrogens with zero attached hydrogens (tertiary/aromatic N) is 2. The zero-order valence-electron chi connectivity index (χ0n) is 15.7. The Kier molecular flexibility index (Phi) is 7.61. The summed E-state index contributed by atoms with van der Waals surface area (Å²) in [7, 11) is 0. The predicted molar refractivity (Wildman–Crippen MR) is 105 cm³/mol. The summed E-state index contributed by atoms with van der Waals surface area (Å²) in [6.07, 6.45) is 3.62. The first-order valence-electron chi connectivity index (χ1n) is 8.81. The maximum atomic E-state index is 11.8. The topological polar surface area (TPSA) is 73.2 Å². The summed E-state index contributed by atoms with van der Waals surface area (Å²) in [6.45, 7) is 5.89. The number of carbonyl (C=O) groups is 2. The molecule has 6 nitrogen and oxygen atoms in total. The Morgan fingerprint density at radius 3 is 2.70 bits per heavy atom. The minimum Gasteiger partial charge on any atom is -0.452 e. The van der Waals surface area contributed by atoms with E-state index in [9.17, 15) is 9.59 Å². The van der Waals surface area contributed by atoms with Crippen LogP contribution in [0.3, 0.4) is 0 Å². The van der Waals surface area contributed by atoms with Crippen molar-refractivity contribution >= 4 is 29.6 Å². The molecular formula is C20H24ClN3O3. The Morgan fingerprint density at radius 1 is 1.33 bits per heavy atom. The number of aromatic nitrogens is 2. The second-order valence-electron chi connectivity index (χ2n) is 6.25. The van der Waals surface area contributed by atoms with Gasteiger partial charge in [-0.15, -0.1) is 0 Å². The average molecular weight is 390 g/mol. The number of rotatable bonds is 8. The molecule has 1 aromatic heterocycles. The van der Waals surface area contributed by atoms with Gasteiger partial charge in [0.2, 0.25) is 0 Å². The molecule has 0 saturated heterocycles. The van der Waals surface area contributed by atoms with Gasteiger partial charge in [0.1, 0.15) is 5.15 Å². The van der Waals surface area contributed by atoms with E-state index in [1.807, 2.05) is 51.1 Å². The van der Waals surface area contributed by atoms with E-state index >= 15 is 0 Å². The summed E-state index contributed by atoms with van der Waals surface area (Å²) >= 11 is 6.40. The van der Waals surface area contributed by atoms with Crippen molar-refractivity contribution < 1.29 is 14.3 Å². The maximum absolute atomic E-state index is 11.8. The highest BCUT2D eigenvalue weighted by atomic mass is 35.5. The number of aryl methyl sites for hydroxylation is 1. The second kappa shape index (κ2) is 9.92. The predicted octanol–water partition coefficient (Wildman–Crippen LogP) is 3.36. The summed E-state index contributed by atoms with van der Waals surface area (Å²) in [5, 5.41) is 7.59. The van der Waals surface area contributed by atoms with Crippen LogP contribution in [0, 0.1) is 6.92 Å². The van der Waals surface area contributed by atoms with Crippen molar-refractivity contribution in [2.75, 3.05) is 6.61 Å². The van der Waals surface area contributed by atoms with Crippen LogP contribution in [-0.4, -0.2) is 34.3 Å². The first-order chi connectivity index (χ1) is 12.9. The van der Waals surface area contributed by atoms with E-state index in [0.29, 0.717) is 23.0 Å². The zero-order chi connectivity index (χ0) is 19.8. The minimum atomic E-state index is -0.611. The maximum Gasteiger partial charge on any atom is 0.331 e. The molecular weight excluding hydrogens is 366 g/mol. The number of esters is 1. The number of ether oxygens (including phenoxy) is 1. The lowest BCUT2D eigenvalue weighted by molar-refractivity contribution is -0.144. The molecule has 0 bridgehead atoms. The van der Waals surface area contributed by atoms with Crippen molar-refractivity contribution in [1.29, 1.82) is 0 Å². The molecule has 27 heavy (non-hydrogen) atoms. The van der Waals surface area contributed by atoms with Crippen molar-refractivity contribution in [1.82, 2.24) is 15.1 Å². The van der Waals surface area contributed by atoms with Crippen molar-refractivity contribution in [2.45, 2.75) is 39.8 Å². The van der Waals surface area contributed by atoms with Crippen LogP contribution < -0.4 is 5.32 Å². The molecule has 1 atom stereocenters. The Labute approximate surface area is 164 Å². The van der Waals surface area contributed by atoms with Gasteiger partial charge in [0, 0.05) is 17.7 Å². The highest BCUT2D eigenvalue weighted by molar-refractivity contribution is 6.31. The summed E-state index contributed by atoms with van der Waals surface area (Å²) in [6, 6.07) is 9.88. The largest absolute Gasteiger partial charge is 0.452 e. The highest BCUT2D eigenvalue weighted by Crippen LogP contribution is 2.22. The second-order valence-corrected chi connectivity index (χ2v) is 6.61. The van der Waals surface area contributed by atoms with Crippen LogP contribution in [0.1, 0.15) is 37.1 Å². The van der Waals surface area contributed by atoms with Gasteiger partial charge in [0.15, 0.2) is 6.61 Å². The molecule has 7 heteroatoms. The van der Waals surface area contributed by atoms with Gasteiger partial charge < -0.3 is 10.1 Å². The molecule has 0 unspecified atom stereocenters. The van der Waals surface area contributed by atoms with Crippen LogP contribution in [0.25, 0.3) is 6.08 Å². The monoisotopic (exact) mass is 389 g/mol. The van der Waals surface area contributed by atoms with Crippen molar-refractivity contribution in [2.24, 2.45) is 0 Å². The Bertz CT molecular complexity index is 815. The number of carbonyl (C=O) groups excluding carboxylic acids is 2. The van der Waals surface area contributed by atoms with Crippen LogP contribution in [0.2, 0.25) is 5.15 Å². The first-order valence-corrected chi connectivity index (χ1v) is 9.19. The quantitative estimate of drug-likeness (QED) is 0.555. The Balaban J connectivity index is 1.96. The Hall–Kier alpha value is -2.60. The normalized spacial score (nSPS) is 12.1. The molecule has 0 radical (unpaired) electrons. The number of halogens is 1. The third-order valence-corrected chi connectivity index (χ3v) is 4.43. The van der Waals surface area contributed by atoms with E-state index < -0.39 is 5.97 Å². The molecule has 1 amide bonds. The van der Waals surface area contributed by atoms with Crippen molar-refractivity contribution in [3.63, 3.8) is 0 Å². The van der Waals surface area contributed by atoms with Gasteiger partial charge in [0.05, 0.1) is 12.2 Å². The van der Waals surface area contributed by atoms with Crippen molar-refractivity contribution in [3.05, 3.63) is 58.4 Å². The third-order valence-electron chi connectivity index (χ3n) is 4.04. The van der Waals surface area contributed by atoms with E-state index in [4.69, 9.17) is 16.3 Å². The number of amides is 1. The minimum absolute atomic E-state index is 0.0450.